The first-order valence-electron chi connectivity index (χ1n) is 8.31. The quantitative estimate of drug-likeness (QED) is 0.825. The Bertz CT molecular complexity index is 773. The SMILES string of the molecule is O=C(COc1ccccc1)Nc1ccc(N2CCOCC2)cc1C(=O)O. The fraction of sp³-hybridized carbons (Fsp3) is 0.263. The van der Waals surface area contributed by atoms with Gasteiger partial charge in [-0.2, -0.15) is 0 Å². The summed E-state index contributed by atoms with van der Waals surface area (Å²) in [7, 11) is 0. The average molecular weight is 356 g/mol. The van der Waals surface area contributed by atoms with Crippen molar-refractivity contribution < 1.29 is 24.2 Å². The van der Waals surface area contributed by atoms with Gasteiger partial charge in [0.15, 0.2) is 6.61 Å². The average Bonchev–Trinajstić information content (AvgIpc) is 2.68. The van der Waals surface area contributed by atoms with Crippen molar-refractivity contribution in [3.8, 4) is 5.75 Å². The highest BCUT2D eigenvalue weighted by atomic mass is 16.5. The molecule has 3 rings (SSSR count). The van der Waals surface area contributed by atoms with Gasteiger partial charge in [0.25, 0.3) is 5.91 Å². The lowest BCUT2D eigenvalue weighted by molar-refractivity contribution is -0.118. The number of rotatable bonds is 6. The van der Waals surface area contributed by atoms with E-state index in [1.54, 1.807) is 42.5 Å². The molecule has 0 radical (unpaired) electrons. The Morgan fingerprint density at radius 2 is 1.85 bits per heavy atom. The van der Waals surface area contributed by atoms with Crippen LogP contribution in [0.25, 0.3) is 0 Å². The van der Waals surface area contributed by atoms with E-state index in [1.807, 2.05) is 6.07 Å². The number of carboxylic acids is 1. The molecule has 0 spiro atoms. The zero-order valence-corrected chi connectivity index (χ0v) is 14.2. The summed E-state index contributed by atoms with van der Waals surface area (Å²) in [5, 5.41) is 12.1. The fourth-order valence-electron chi connectivity index (χ4n) is 2.69. The van der Waals surface area contributed by atoms with E-state index in [0.29, 0.717) is 32.1 Å². The second kappa shape index (κ2) is 8.35. The number of hydrogen-bond donors (Lipinski definition) is 2. The van der Waals surface area contributed by atoms with Crippen LogP contribution in [0.15, 0.2) is 48.5 Å². The molecule has 7 heteroatoms. The Balaban J connectivity index is 1.68. The van der Waals surface area contributed by atoms with Crippen LogP contribution >= 0.6 is 0 Å². The van der Waals surface area contributed by atoms with Gasteiger partial charge in [0.1, 0.15) is 5.75 Å². The lowest BCUT2D eigenvalue weighted by Gasteiger charge is -2.29. The van der Waals surface area contributed by atoms with Gasteiger partial charge in [0.2, 0.25) is 0 Å². The van der Waals surface area contributed by atoms with Crippen molar-refractivity contribution in [2.45, 2.75) is 0 Å². The van der Waals surface area contributed by atoms with Gasteiger partial charge in [-0.3, -0.25) is 4.79 Å². The van der Waals surface area contributed by atoms with Crippen LogP contribution in [0.3, 0.4) is 0 Å². The molecule has 1 amide bonds. The molecule has 1 fully saturated rings. The fourth-order valence-corrected chi connectivity index (χ4v) is 2.69. The van der Waals surface area contributed by atoms with Gasteiger partial charge in [-0.05, 0) is 30.3 Å². The summed E-state index contributed by atoms with van der Waals surface area (Å²) in [5.41, 5.74) is 1.09. The minimum atomic E-state index is -1.10. The number of carboxylic acid groups (broad SMARTS) is 1. The minimum absolute atomic E-state index is 0.0436. The maximum atomic E-state index is 12.1. The first-order valence-corrected chi connectivity index (χ1v) is 8.31. The summed E-state index contributed by atoms with van der Waals surface area (Å²) in [6.45, 7) is 2.43. The predicted molar refractivity (Wildman–Crippen MR) is 97.0 cm³/mol. The van der Waals surface area contributed by atoms with Crippen LogP contribution in [0.2, 0.25) is 0 Å². The number of nitrogens with one attached hydrogen (secondary N) is 1. The number of benzene rings is 2. The van der Waals surface area contributed by atoms with Gasteiger partial charge in [-0.15, -0.1) is 0 Å². The van der Waals surface area contributed by atoms with E-state index in [9.17, 15) is 14.7 Å². The van der Waals surface area contributed by atoms with E-state index in [4.69, 9.17) is 9.47 Å². The van der Waals surface area contributed by atoms with Crippen LogP contribution in [-0.4, -0.2) is 49.9 Å². The van der Waals surface area contributed by atoms with Gasteiger partial charge < -0.3 is 24.8 Å². The van der Waals surface area contributed by atoms with E-state index >= 15 is 0 Å². The molecule has 2 N–H and O–H groups in total. The highest BCUT2D eigenvalue weighted by molar-refractivity contribution is 6.01. The van der Waals surface area contributed by atoms with Crippen molar-refractivity contribution in [1.29, 1.82) is 0 Å². The van der Waals surface area contributed by atoms with E-state index < -0.39 is 11.9 Å². The van der Waals surface area contributed by atoms with Crippen LogP contribution in [0, 0.1) is 0 Å². The van der Waals surface area contributed by atoms with E-state index in [2.05, 4.69) is 10.2 Å². The highest BCUT2D eigenvalue weighted by Gasteiger charge is 2.17. The van der Waals surface area contributed by atoms with Gasteiger partial charge in [-0.1, -0.05) is 18.2 Å². The second-order valence-corrected chi connectivity index (χ2v) is 5.78. The Labute approximate surface area is 151 Å². The second-order valence-electron chi connectivity index (χ2n) is 5.78. The summed E-state index contributed by atoms with van der Waals surface area (Å²) in [5.74, 6) is -0.946. The lowest BCUT2D eigenvalue weighted by Crippen LogP contribution is -2.36. The number of aromatic carboxylic acids is 1. The summed E-state index contributed by atoms with van der Waals surface area (Å²) < 4.78 is 10.7. The highest BCUT2D eigenvalue weighted by Crippen LogP contribution is 2.24. The molecular formula is C19H20N2O5. The molecule has 0 aromatic heterocycles. The van der Waals surface area contributed by atoms with Crippen molar-refractivity contribution in [1.82, 2.24) is 0 Å². The lowest BCUT2D eigenvalue weighted by atomic mass is 10.1. The number of para-hydroxylation sites is 1. The maximum Gasteiger partial charge on any atom is 0.337 e. The molecule has 1 heterocycles. The van der Waals surface area contributed by atoms with Crippen molar-refractivity contribution in [2.24, 2.45) is 0 Å². The molecule has 1 aliphatic heterocycles. The number of hydrogen-bond acceptors (Lipinski definition) is 5. The van der Waals surface area contributed by atoms with Crippen LogP contribution in [-0.2, 0) is 9.53 Å². The molecule has 0 saturated carbocycles. The summed E-state index contributed by atoms with van der Waals surface area (Å²) >= 11 is 0. The Morgan fingerprint density at radius 1 is 1.12 bits per heavy atom. The number of ether oxygens (including phenoxy) is 2. The Hall–Kier alpha value is -3.06. The third-order valence-corrected chi connectivity index (χ3v) is 4.00. The molecule has 26 heavy (non-hydrogen) atoms. The maximum absolute atomic E-state index is 12.1. The number of nitrogens with zero attached hydrogens (tertiary/aromatic N) is 1. The third-order valence-electron chi connectivity index (χ3n) is 4.00. The number of amides is 1. The van der Waals surface area contributed by atoms with Gasteiger partial charge >= 0.3 is 5.97 Å². The molecule has 0 aliphatic carbocycles. The standard InChI is InChI=1S/C19H20N2O5/c22-18(13-26-15-4-2-1-3-5-15)20-17-7-6-14(12-16(17)19(23)24)21-8-10-25-11-9-21/h1-7,12H,8-11,13H2,(H,20,22)(H,23,24). The first-order chi connectivity index (χ1) is 12.6. The summed E-state index contributed by atoms with van der Waals surface area (Å²) in [4.78, 5) is 25.7. The van der Waals surface area contributed by atoms with Crippen molar-refractivity contribution >= 4 is 23.3 Å². The van der Waals surface area contributed by atoms with Crippen molar-refractivity contribution in [3.63, 3.8) is 0 Å². The summed E-state index contributed by atoms with van der Waals surface area (Å²) in [6, 6.07) is 13.9. The van der Waals surface area contributed by atoms with Gasteiger partial charge in [0.05, 0.1) is 24.5 Å². The van der Waals surface area contributed by atoms with Crippen LogP contribution in [0.1, 0.15) is 10.4 Å². The van der Waals surface area contributed by atoms with Crippen molar-refractivity contribution in [3.05, 3.63) is 54.1 Å². The number of carbonyl (C=O) groups excluding carboxylic acids is 1. The van der Waals surface area contributed by atoms with Crippen LogP contribution in [0.4, 0.5) is 11.4 Å². The summed E-state index contributed by atoms with van der Waals surface area (Å²) in [6.07, 6.45) is 0. The molecule has 1 aliphatic rings. The molecule has 2 aromatic rings. The monoisotopic (exact) mass is 356 g/mol. The molecule has 1 saturated heterocycles. The minimum Gasteiger partial charge on any atom is -0.484 e. The molecule has 0 unspecified atom stereocenters. The predicted octanol–water partition coefficient (Wildman–Crippen LogP) is 2.24. The smallest absolute Gasteiger partial charge is 0.337 e. The van der Waals surface area contributed by atoms with Crippen molar-refractivity contribution in [2.75, 3.05) is 43.1 Å². The van der Waals surface area contributed by atoms with Gasteiger partial charge in [-0.25, -0.2) is 4.79 Å². The van der Waals surface area contributed by atoms with E-state index in [1.165, 1.54) is 0 Å². The zero-order chi connectivity index (χ0) is 18.4. The third kappa shape index (κ3) is 4.52. The molecule has 136 valence electrons. The Kier molecular flexibility index (Phi) is 5.70. The van der Waals surface area contributed by atoms with E-state index in [0.717, 1.165) is 5.69 Å². The number of morpholine rings is 1. The normalized spacial score (nSPS) is 13.9. The number of carbonyl (C=O) groups is 2. The van der Waals surface area contributed by atoms with Crippen LogP contribution < -0.4 is 15.0 Å². The molecule has 7 nitrogen and oxygen atoms in total. The molecule has 2 aromatic carbocycles. The topological polar surface area (TPSA) is 88.1 Å². The van der Waals surface area contributed by atoms with Gasteiger partial charge in [0, 0.05) is 18.8 Å². The number of anilines is 2. The Morgan fingerprint density at radius 3 is 2.54 bits per heavy atom. The van der Waals surface area contributed by atoms with E-state index in [-0.39, 0.29) is 17.9 Å². The molecule has 0 bridgehead atoms. The molecular weight excluding hydrogens is 336 g/mol. The van der Waals surface area contributed by atoms with Crippen LogP contribution in [0.5, 0.6) is 5.75 Å². The molecule has 0 atom stereocenters. The zero-order valence-electron chi connectivity index (χ0n) is 14.2. The largest absolute Gasteiger partial charge is 0.484 e. The first kappa shape index (κ1) is 17.8.